The Hall–Kier alpha value is -4.80. The first kappa shape index (κ1) is 44.2. The third-order valence-electron chi connectivity index (χ3n) is 6.24. The van der Waals surface area contributed by atoms with Gasteiger partial charge in [-0.15, -0.1) is 0 Å². The summed E-state index contributed by atoms with van der Waals surface area (Å²) < 4.78 is 33.3. The molecule has 17 heteroatoms. The number of esters is 7. The van der Waals surface area contributed by atoms with Crippen LogP contribution in [0, 0.1) is 10.8 Å². The predicted octanol–water partition coefficient (Wildman–Crippen LogP) is 1.37. The fourth-order valence-corrected chi connectivity index (χ4v) is 3.24. The number of carboxylic acid groups (broad SMARTS) is 1. The number of hydrogen-bond acceptors (Lipinski definition) is 16. The zero-order chi connectivity index (χ0) is 37.9. The molecule has 17 nitrogen and oxygen atoms in total. The van der Waals surface area contributed by atoms with Gasteiger partial charge < -0.3 is 43.4 Å². The van der Waals surface area contributed by atoms with Crippen molar-refractivity contribution >= 4 is 47.8 Å². The monoisotopic (exact) mass is 702 g/mol. The third-order valence-corrected chi connectivity index (χ3v) is 6.24. The van der Waals surface area contributed by atoms with Gasteiger partial charge in [-0.3, -0.25) is 19.2 Å². The number of aliphatic hydroxyl groups is 1. The number of hydrogen-bond donors (Lipinski definition) is 2. The van der Waals surface area contributed by atoms with Crippen LogP contribution in [0.4, 0.5) is 0 Å². The summed E-state index contributed by atoms with van der Waals surface area (Å²) in [5, 5.41) is 17.3. The molecule has 0 saturated carbocycles. The highest BCUT2D eigenvalue weighted by Crippen LogP contribution is 2.31. The van der Waals surface area contributed by atoms with Crippen molar-refractivity contribution in [3.05, 3.63) is 24.3 Å². The first-order chi connectivity index (χ1) is 22.6. The Kier molecular flexibility index (Phi) is 19.1. The molecule has 2 atom stereocenters. The molecule has 0 aromatic carbocycles. The van der Waals surface area contributed by atoms with Gasteiger partial charge in [0.15, 0.2) is 6.10 Å². The summed E-state index contributed by atoms with van der Waals surface area (Å²) in [6.07, 6.45) is -2.78. The van der Waals surface area contributed by atoms with E-state index in [1.54, 1.807) is 27.7 Å². The summed E-state index contributed by atoms with van der Waals surface area (Å²) in [5.74, 6) is -5.22. The third kappa shape index (κ3) is 18.4. The molecule has 2 unspecified atom stereocenters. The maximum absolute atomic E-state index is 11.7. The minimum absolute atomic E-state index is 0.0650. The highest BCUT2D eigenvalue weighted by Gasteiger charge is 2.46. The van der Waals surface area contributed by atoms with Gasteiger partial charge in [-0.1, -0.05) is 40.9 Å². The quantitative estimate of drug-likeness (QED) is 0.106. The fraction of sp³-hybridized carbons (Fsp3) is 0.625. The van der Waals surface area contributed by atoms with Crippen molar-refractivity contribution in [3.8, 4) is 0 Å². The van der Waals surface area contributed by atoms with Gasteiger partial charge in [-0.2, -0.15) is 0 Å². The van der Waals surface area contributed by atoms with Crippen LogP contribution in [0.2, 0.25) is 0 Å². The highest BCUT2D eigenvalue weighted by atomic mass is 16.6. The van der Waals surface area contributed by atoms with E-state index >= 15 is 0 Å². The van der Waals surface area contributed by atoms with Crippen LogP contribution in [0.5, 0.6) is 0 Å². The van der Waals surface area contributed by atoms with E-state index in [1.807, 2.05) is 0 Å². The zero-order valence-electron chi connectivity index (χ0n) is 28.7. The van der Waals surface area contributed by atoms with E-state index in [2.05, 4.69) is 27.4 Å². The lowest BCUT2D eigenvalue weighted by atomic mass is 9.90. The lowest BCUT2D eigenvalue weighted by Gasteiger charge is -2.21. The molecule has 0 aromatic rings. The number of carbonyl (C=O) groups excluding carboxylic acids is 7. The molecule has 276 valence electrons. The predicted molar refractivity (Wildman–Crippen MR) is 165 cm³/mol. The molecule has 2 fully saturated rings. The summed E-state index contributed by atoms with van der Waals surface area (Å²) in [5.41, 5.74) is -0.480. The van der Waals surface area contributed by atoms with E-state index in [1.165, 1.54) is 13.8 Å². The lowest BCUT2D eigenvalue weighted by Crippen LogP contribution is -2.35. The summed E-state index contributed by atoms with van der Waals surface area (Å²) >= 11 is 0. The molecule has 2 saturated heterocycles. The van der Waals surface area contributed by atoms with E-state index < -0.39 is 70.8 Å². The van der Waals surface area contributed by atoms with Crippen LogP contribution in [0.15, 0.2) is 24.3 Å². The van der Waals surface area contributed by atoms with Crippen LogP contribution in [0.1, 0.15) is 67.2 Å². The van der Waals surface area contributed by atoms with E-state index in [0.29, 0.717) is 6.61 Å². The minimum Gasteiger partial charge on any atom is -0.481 e. The molecule has 0 aliphatic carbocycles. The van der Waals surface area contributed by atoms with Crippen molar-refractivity contribution in [2.75, 3.05) is 39.6 Å². The van der Waals surface area contributed by atoms with Crippen LogP contribution in [-0.2, 0) is 71.5 Å². The first-order valence-electron chi connectivity index (χ1n) is 15.0. The maximum Gasteiger partial charge on any atom is 0.348 e. The molecule has 0 radical (unpaired) electrons. The molecule has 2 heterocycles. The number of carboxylic acids is 1. The summed E-state index contributed by atoms with van der Waals surface area (Å²) in [6, 6.07) is 0. The number of aliphatic hydroxyl groups excluding tert-OH is 1. The minimum atomic E-state index is -1.06. The molecule has 2 aliphatic heterocycles. The summed E-state index contributed by atoms with van der Waals surface area (Å²) in [4.78, 5) is 88.2. The zero-order valence-corrected chi connectivity index (χ0v) is 28.7. The summed E-state index contributed by atoms with van der Waals surface area (Å²) in [7, 11) is 0. The number of cyclic esters (lactones) is 2. The summed E-state index contributed by atoms with van der Waals surface area (Å²) in [6.45, 7) is 17.0. The van der Waals surface area contributed by atoms with Crippen LogP contribution in [0.25, 0.3) is 0 Å². The smallest absolute Gasteiger partial charge is 0.348 e. The molecule has 0 amide bonds. The standard InChI is InChI=1S/C16H22O8.C10H14O6.C6H10O3/c1-10(2)14(19)22-8-7-21-11(17)5-6-12(18)24-13-15(20)23-9-16(13,3)4;1-7(2)10(14)16-6-5-15-9(13)4-3-8(11)12;1-6(2)3-9-5(8)4(6)7/h13H,1,5-9H2,2-4H3;1,3-6H2,2H3,(H,11,12);4,7H,3H2,1-2H3. The molecular formula is C32H46O17. The molecule has 0 spiro atoms. The Morgan fingerprint density at radius 1 is 0.673 bits per heavy atom. The SMILES string of the molecule is C=C(C)C(=O)OCCOC(=O)CCC(=O)O.C=C(C)C(=O)OCCOC(=O)CCC(=O)OC1C(=O)OCC1(C)C.CC1(C)COC(=O)C1O. The van der Waals surface area contributed by atoms with Crippen LogP contribution in [-0.4, -0.2) is 110 Å². The van der Waals surface area contributed by atoms with Crippen molar-refractivity contribution < 1.29 is 81.7 Å². The van der Waals surface area contributed by atoms with Crippen LogP contribution in [0.3, 0.4) is 0 Å². The van der Waals surface area contributed by atoms with Gasteiger partial charge in [0.05, 0.1) is 32.3 Å². The highest BCUT2D eigenvalue weighted by molar-refractivity contribution is 5.87. The topological polar surface area (TPSA) is 242 Å². The lowest BCUT2D eigenvalue weighted by molar-refractivity contribution is -0.164. The van der Waals surface area contributed by atoms with Crippen molar-refractivity contribution in [1.29, 1.82) is 0 Å². The maximum atomic E-state index is 11.7. The van der Waals surface area contributed by atoms with Gasteiger partial charge in [-0.05, 0) is 13.8 Å². The average Bonchev–Trinajstić information content (AvgIpc) is 3.41. The molecule has 0 aromatic heterocycles. The molecule has 49 heavy (non-hydrogen) atoms. The Morgan fingerprint density at radius 2 is 1.06 bits per heavy atom. The Bertz CT molecular complexity index is 1250. The van der Waals surface area contributed by atoms with Crippen LogP contribution >= 0.6 is 0 Å². The van der Waals surface area contributed by atoms with Crippen LogP contribution < -0.4 is 0 Å². The van der Waals surface area contributed by atoms with E-state index in [0.717, 1.165) is 0 Å². The Labute approximate surface area is 283 Å². The average molecular weight is 703 g/mol. The number of ether oxygens (including phenoxy) is 7. The van der Waals surface area contributed by atoms with Crippen molar-refractivity contribution in [3.63, 3.8) is 0 Å². The Morgan fingerprint density at radius 3 is 1.39 bits per heavy atom. The van der Waals surface area contributed by atoms with E-state index in [4.69, 9.17) is 29.2 Å². The largest absolute Gasteiger partial charge is 0.481 e. The number of carbonyl (C=O) groups is 8. The molecule has 2 N–H and O–H groups in total. The van der Waals surface area contributed by atoms with Gasteiger partial charge in [-0.25, -0.2) is 19.2 Å². The van der Waals surface area contributed by atoms with Crippen molar-refractivity contribution in [2.24, 2.45) is 10.8 Å². The number of aliphatic carboxylic acids is 1. The van der Waals surface area contributed by atoms with Gasteiger partial charge >= 0.3 is 47.8 Å². The second-order valence-corrected chi connectivity index (χ2v) is 12.1. The molecule has 2 rings (SSSR count). The van der Waals surface area contributed by atoms with Crippen molar-refractivity contribution in [1.82, 2.24) is 0 Å². The molecule has 2 aliphatic rings. The van der Waals surface area contributed by atoms with Gasteiger partial charge in [0, 0.05) is 22.0 Å². The normalized spacial score (nSPS) is 18.0. The first-order valence-corrected chi connectivity index (χ1v) is 15.0. The second kappa shape index (κ2) is 21.2. The van der Waals surface area contributed by atoms with Gasteiger partial charge in [0.2, 0.25) is 6.10 Å². The molecule has 0 bridgehead atoms. The number of rotatable bonds is 15. The van der Waals surface area contributed by atoms with Gasteiger partial charge in [0.25, 0.3) is 0 Å². The fourth-order valence-electron chi connectivity index (χ4n) is 3.24. The van der Waals surface area contributed by atoms with E-state index in [-0.39, 0.29) is 69.9 Å². The van der Waals surface area contributed by atoms with Gasteiger partial charge in [0.1, 0.15) is 33.0 Å². The second-order valence-electron chi connectivity index (χ2n) is 12.1. The molecular weight excluding hydrogens is 656 g/mol. The van der Waals surface area contributed by atoms with E-state index in [9.17, 15) is 38.4 Å². The Balaban J connectivity index is 0.000000787. The van der Waals surface area contributed by atoms with Crippen molar-refractivity contribution in [2.45, 2.75) is 79.4 Å².